The van der Waals surface area contributed by atoms with Crippen molar-refractivity contribution in [3.05, 3.63) is 59.9 Å². The van der Waals surface area contributed by atoms with Crippen LogP contribution in [-0.2, 0) is 4.79 Å². The normalized spacial score (nSPS) is 27.2. The Hall–Kier alpha value is -2.40. The van der Waals surface area contributed by atoms with Crippen molar-refractivity contribution < 1.29 is 4.79 Å². The number of benzene rings is 1. The van der Waals surface area contributed by atoms with Crippen LogP contribution in [0.3, 0.4) is 0 Å². The molecule has 1 aromatic carbocycles. The molecular weight excluding hydrogens is 372 g/mol. The minimum atomic E-state index is 0.146. The molecule has 30 heavy (non-hydrogen) atoms. The van der Waals surface area contributed by atoms with Crippen molar-refractivity contribution in [2.24, 2.45) is 5.92 Å². The zero-order chi connectivity index (χ0) is 20.5. The third-order valence-corrected chi connectivity index (χ3v) is 7.24. The number of hydrogen-bond donors (Lipinski definition) is 0. The van der Waals surface area contributed by atoms with Gasteiger partial charge >= 0.3 is 0 Å². The predicted octanol–water partition coefficient (Wildman–Crippen LogP) is 3.65. The van der Waals surface area contributed by atoms with Crippen molar-refractivity contribution in [1.29, 1.82) is 0 Å². The van der Waals surface area contributed by atoms with E-state index in [-0.39, 0.29) is 5.92 Å². The van der Waals surface area contributed by atoms with Gasteiger partial charge in [0.25, 0.3) is 0 Å². The minimum Gasteiger partial charge on any atom is -0.370 e. The Morgan fingerprint density at radius 1 is 1.00 bits per heavy atom. The molecule has 3 saturated heterocycles. The van der Waals surface area contributed by atoms with Crippen LogP contribution in [0.2, 0.25) is 0 Å². The van der Waals surface area contributed by atoms with E-state index in [4.69, 9.17) is 0 Å². The fourth-order valence-corrected chi connectivity index (χ4v) is 5.79. The van der Waals surface area contributed by atoms with Gasteiger partial charge in [-0.15, -0.1) is 0 Å². The predicted molar refractivity (Wildman–Crippen MR) is 119 cm³/mol. The molecule has 5 nitrogen and oxygen atoms in total. The van der Waals surface area contributed by atoms with Gasteiger partial charge in [-0.2, -0.15) is 0 Å². The van der Waals surface area contributed by atoms with Crippen LogP contribution in [0.5, 0.6) is 0 Å². The highest BCUT2D eigenvalue weighted by molar-refractivity contribution is 5.80. The van der Waals surface area contributed by atoms with Crippen LogP contribution < -0.4 is 4.90 Å². The van der Waals surface area contributed by atoms with E-state index in [0.717, 1.165) is 57.7 Å². The first kappa shape index (κ1) is 19.6. The average molecular weight is 405 g/mol. The zero-order valence-electron chi connectivity index (χ0n) is 17.9. The highest BCUT2D eigenvalue weighted by Crippen LogP contribution is 2.45. The molecule has 0 N–H and O–H groups in total. The zero-order valence-corrected chi connectivity index (χ0v) is 17.9. The lowest BCUT2D eigenvalue weighted by molar-refractivity contribution is -0.135. The number of aryl methyl sites for hydroxylation is 1. The molecule has 0 saturated carbocycles. The first-order chi connectivity index (χ1) is 14.7. The Balaban J connectivity index is 1.29. The molecule has 4 heterocycles. The van der Waals surface area contributed by atoms with E-state index in [1.807, 2.05) is 13.1 Å². The first-order valence-corrected chi connectivity index (χ1v) is 11.5. The van der Waals surface area contributed by atoms with Crippen LogP contribution in [0.1, 0.15) is 43.0 Å². The summed E-state index contributed by atoms with van der Waals surface area (Å²) in [5.41, 5.74) is 3.64. The average Bonchev–Trinajstić information content (AvgIpc) is 3.29. The molecule has 5 rings (SSSR count). The van der Waals surface area contributed by atoms with Gasteiger partial charge in [0.15, 0.2) is 0 Å². The number of nitrogens with zero attached hydrogens (tertiary/aromatic N) is 4. The molecule has 0 aliphatic carbocycles. The summed E-state index contributed by atoms with van der Waals surface area (Å²) in [5, 5.41) is 0. The molecule has 3 atom stereocenters. The van der Waals surface area contributed by atoms with E-state index in [1.165, 1.54) is 17.7 Å². The maximum Gasteiger partial charge on any atom is 0.227 e. The minimum absolute atomic E-state index is 0.146. The molecule has 0 unspecified atom stereocenters. The van der Waals surface area contributed by atoms with Gasteiger partial charge in [-0.3, -0.25) is 14.7 Å². The molecule has 3 aliphatic heterocycles. The van der Waals surface area contributed by atoms with Crippen LogP contribution in [0.15, 0.2) is 48.7 Å². The maximum absolute atomic E-state index is 13.6. The number of rotatable bonds is 3. The fourth-order valence-electron chi connectivity index (χ4n) is 5.79. The SMILES string of the molecule is Cc1cc(N2CCCN(C(=O)[C@@H]3C[C@H](c4ccccc4)N4CCC[C@@H]34)CC2)ccn1. The maximum atomic E-state index is 13.6. The van der Waals surface area contributed by atoms with E-state index < -0.39 is 0 Å². The van der Waals surface area contributed by atoms with E-state index in [1.54, 1.807) is 0 Å². The van der Waals surface area contributed by atoms with Gasteiger partial charge in [0.1, 0.15) is 0 Å². The third kappa shape index (κ3) is 3.71. The molecule has 2 aromatic rings. The molecule has 1 amide bonds. The van der Waals surface area contributed by atoms with Crippen molar-refractivity contribution in [3.63, 3.8) is 0 Å². The molecule has 0 bridgehead atoms. The summed E-state index contributed by atoms with van der Waals surface area (Å²) in [6.45, 7) is 6.76. The second-order valence-corrected chi connectivity index (χ2v) is 9.04. The number of amides is 1. The van der Waals surface area contributed by atoms with Gasteiger partial charge in [-0.05, 0) is 56.8 Å². The van der Waals surface area contributed by atoms with E-state index in [2.05, 4.69) is 62.1 Å². The monoisotopic (exact) mass is 404 g/mol. The second-order valence-electron chi connectivity index (χ2n) is 9.04. The fraction of sp³-hybridized carbons (Fsp3) is 0.520. The molecule has 0 radical (unpaired) electrons. The molecular formula is C25H32N4O. The van der Waals surface area contributed by atoms with Crippen molar-refractivity contribution in [1.82, 2.24) is 14.8 Å². The van der Waals surface area contributed by atoms with Gasteiger partial charge in [0.05, 0.1) is 5.92 Å². The van der Waals surface area contributed by atoms with Crippen LogP contribution >= 0.6 is 0 Å². The Bertz CT molecular complexity index is 886. The Morgan fingerprint density at radius 2 is 1.87 bits per heavy atom. The Labute approximate surface area is 179 Å². The van der Waals surface area contributed by atoms with Crippen molar-refractivity contribution in [2.45, 2.75) is 44.7 Å². The quantitative estimate of drug-likeness (QED) is 0.783. The van der Waals surface area contributed by atoms with Gasteiger partial charge in [0.2, 0.25) is 5.91 Å². The molecule has 5 heteroatoms. The van der Waals surface area contributed by atoms with Crippen molar-refractivity contribution in [2.75, 3.05) is 37.6 Å². The highest BCUT2D eigenvalue weighted by atomic mass is 16.2. The lowest BCUT2D eigenvalue weighted by Crippen LogP contribution is -2.42. The molecule has 3 fully saturated rings. The van der Waals surface area contributed by atoms with Gasteiger partial charge < -0.3 is 9.80 Å². The number of fused-ring (bicyclic) bond motifs is 1. The van der Waals surface area contributed by atoms with Crippen LogP contribution in [0.4, 0.5) is 5.69 Å². The smallest absolute Gasteiger partial charge is 0.227 e. The van der Waals surface area contributed by atoms with E-state index in [0.29, 0.717) is 18.0 Å². The summed E-state index contributed by atoms with van der Waals surface area (Å²) >= 11 is 0. The Morgan fingerprint density at radius 3 is 2.70 bits per heavy atom. The summed E-state index contributed by atoms with van der Waals surface area (Å²) in [7, 11) is 0. The first-order valence-electron chi connectivity index (χ1n) is 11.5. The van der Waals surface area contributed by atoms with Crippen LogP contribution in [0, 0.1) is 12.8 Å². The lowest BCUT2D eigenvalue weighted by Gasteiger charge is -2.28. The number of pyridine rings is 1. The summed E-state index contributed by atoms with van der Waals surface area (Å²) in [6, 6.07) is 15.8. The van der Waals surface area contributed by atoms with Gasteiger partial charge in [-0.1, -0.05) is 30.3 Å². The third-order valence-electron chi connectivity index (χ3n) is 7.24. The molecule has 1 aromatic heterocycles. The number of anilines is 1. The number of carbonyl (C=O) groups excluding carboxylic acids is 1. The van der Waals surface area contributed by atoms with Crippen LogP contribution in [0.25, 0.3) is 0 Å². The molecule has 3 aliphatic rings. The van der Waals surface area contributed by atoms with Crippen molar-refractivity contribution >= 4 is 11.6 Å². The summed E-state index contributed by atoms with van der Waals surface area (Å²) in [6.07, 6.45) is 6.26. The standard InChI is InChI=1S/C25H32N4O/c1-19-17-21(10-11-26-19)27-12-6-13-28(16-15-27)25(30)22-18-24(20-7-3-2-4-8-20)29-14-5-9-23(22)29/h2-4,7-8,10-11,17,22-24H,5-6,9,12-16,18H2,1H3/t22-,23+,24-/m1/s1. The number of carbonyl (C=O) groups is 1. The number of aromatic nitrogens is 1. The van der Waals surface area contributed by atoms with Crippen LogP contribution in [-0.4, -0.2) is 59.5 Å². The topological polar surface area (TPSA) is 39.7 Å². The highest BCUT2D eigenvalue weighted by Gasteiger charge is 2.48. The molecule has 0 spiro atoms. The Kier molecular flexibility index (Phi) is 5.47. The summed E-state index contributed by atoms with van der Waals surface area (Å²) in [5.74, 6) is 0.533. The largest absolute Gasteiger partial charge is 0.370 e. The van der Waals surface area contributed by atoms with Gasteiger partial charge in [-0.25, -0.2) is 0 Å². The van der Waals surface area contributed by atoms with Gasteiger partial charge in [0, 0.05) is 55.8 Å². The summed E-state index contributed by atoms with van der Waals surface area (Å²) < 4.78 is 0. The number of hydrogen-bond acceptors (Lipinski definition) is 4. The second kappa shape index (κ2) is 8.38. The molecule has 158 valence electrons. The lowest BCUT2D eigenvalue weighted by atomic mass is 9.93. The summed E-state index contributed by atoms with van der Waals surface area (Å²) in [4.78, 5) is 25.1. The van der Waals surface area contributed by atoms with E-state index in [9.17, 15) is 4.79 Å². The van der Waals surface area contributed by atoms with Crippen molar-refractivity contribution in [3.8, 4) is 0 Å². The van der Waals surface area contributed by atoms with E-state index >= 15 is 0 Å².